The summed E-state index contributed by atoms with van der Waals surface area (Å²) in [6, 6.07) is 7.40. The molecule has 12 heteroatoms. The number of aromatic amines is 1. The summed E-state index contributed by atoms with van der Waals surface area (Å²) in [6.45, 7) is 0.0296. The number of H-pyrrole nitrogens is 1. The number of nitrogens with one attached hydrogen (secondary N) is 1. The zero-order valence-electron chi connectivity index (χ0n) is 14.4. The van der Waals surface area contributed by atoms with Crippen LogP contribution in [0.2, 0.25) is 5.02 Å². The van der Waals surface area contributed by atoms with E-state index in [0.29, 0.717) is 28.6 Å². The van der Waals surface area contributed by atoms with E-state index in [-0.39, 0.29) is 23.1 Å². The van der Waals surface area contributed by atoms with Gasteiger partial charge in [-0.1, -0.05) is 11.6 Å². The van der Waals surface area contributed by atoms with E-state index in [1.165, 1.54) is 29.0 Å². The molecule has 5 aromatic rings. The van der Waals surface area contributed by atoms with Gasteiger partial charge < -0.3 is 9.15 Å². The zero-order chi connectivity index (χ0) is 20.0. The highest BCUT2D eigenvalue weighted by Crippen LogP contribution is 2.30. The lowest BCUT2D eigenvalue weighted by Crippen LogP contribution is -1.96. The van der Waals surface area contributed by atoms with Crippen molar-refractivity contribution in [3.05, 3.63) is 63.8 Å². The second kappa shape index (κ2) is 6.56. The van der Waals surface area contributed by atoms with Gasteiger partial charge in [0, 0.05) is 6.07 Å². The van der Waals surface area contributed by atoms with Gasteiger partial charge in [-0.2, -0.15) is 5.10 Å². The van der Waals surface area contributed by atoms with Crippen molar-refractivity contribution >= 4 is 34.0 Å². The minimum atomic E-state index is -0.519. The standard InChI is InChI=1S/C17H10ClN7O4/c18-12-3-1-9(25(26)27)5-14(12)28-7-10-2-4-13(29-10)16-21-17-11-6-20-22-15(11)19-8-24(17)23-16/h1-6,8H,7H2,(H,20,22). The topological polar surface area (TPSA) is 137 Å². The number of aromatic nitrogens is 6. The molecule has 0 saturated heterocycles. The molecule has 0 aliphatic heterocycles. The number of fused-ring (bicyclic) bond motifs is 3. The van der Waals surface area contributed by atoms with Gasteiger partial charge in [0.15, 0.2) is 17.1 Å². The SMILES string of the molecule is O=[N+]([O-])c1ccc(Cl)c(OCc2ccc(-c3nc4c5cn[nH]c5ncn4n3)o2)c1. The molecule has 5 rings (SSSR count). The molecule has 0 fully saturated rings. The highest BCUT2D eigenvalue weighted by atomic mass is 35.5. The number of nitro benzene ring substituents is 1. The van der Waals surface area contributed by atoms with Crippen LogP contribution in [0.3, 0.4) is 0 Å². The van der Waals surface area contributed by atoms with Crippen LogP contribution in [0.5, 0.6) is 5.75 Å². The molecule has 0 spiro atoms. The summed E-state index contributed by atoms with van der Waals surface area (Å²) in [5, 5.41) is 23.0. The Hall–Kier alpha value is -3.99. The van der Waals surface area contributed by atoms with E-state index < -0.39 is 4.92 Å². The molecule has 29 heavy (non-hydrogen) atoms. The highest BCUT2D eigenvalue weighted by molar-refractivity contribution is 6.32. The maximum atomic E-state index is 10.9. The number of halogens is 1. The monoisotopic (exact) mass is 411 g/mol. The van der Waals surface area contributed by atoms with Crippen molar-refractivity contribution in [2.24, 2.45) is 0 Å². The highest BCUT2D eigenvalue weighted by Gasteiger charge is 2.15. The van der Waals surface area contributed by atoms with Crippen molar-refractivity contribution in [1.29, 1.82) is 0 Å². The van der Waals surface area contributed by atoms with Crippen LogP contribution < -0.4 is 4.74 Å². The summed E-state index contributed by atoms with van der Waals surface area (Å²) in [4.78, 5) is 19.1. The number of furan rings is 1. The molecule has 0 saturated carbocycles. The fraction of sp³-hybridized carbons (Fsp3) is 0.0588. The van der Waals surface area contributed by atoms with Gasteiger partial charge >= 0.3 is 0 Å². The van der Waals surface area contributed by atoms with Gasteiger partial charge in [-0.15, -0.1) is 5.10 Å². The summed E-state index contributed by atoms with van der Waals surface area (Å²) in [5.74, 6) is 1.49. The molecule has 1 N–H and O–H groups in total. The summed E-state index contributed by atoms with van der Waals surface area (Å²) in [6.07, 6.45) is 3.16. The number of nitrogens with zero attached hydrogens (tertiary/aromatic N) is 6. The van der Waals surface area contributed by atoms with Crippen molar-refractivity contribution in [3.63, 3.8) is 0 Å². The summed E-state index contributed by atoms with van der Waals surface area (Å²) in [5.41, 5.74) is 1.09. The first-order valence-electron chi connectivity index (χ1n) is 8.29. The van der Waals surface area contributed by atoms with E-state index in [9.17, 15) is 10.1 Å². The molecule has 4 heterocycles. The third-order valence-corrected chi connectivity index (χ3v) is 4.48. The van der Waals surface area contributed by atoms with Crippen LogP contribution in [0.25, 0.3) is 28.3 Å². The molecule has 4 aromatic heterocycles. The number of hydrogen-bond acceptors (Lipinski definition) is 8. The molecular formula is C17H10ClN7O4. The van der Waals surface area contributed by atoms with Gasteiger partial charge in [-0.05, 0) is 18.2 Å². The lowest BCUT2D eigenvalue weighted by atomic mass is 10.3. The van der Waals surface area contributed by atoms with E-state index in [1.54, 1.807) is 18.3 Å². The van der Waals surface area contributed by atoms with Gasteiger partial charge in [0.2, 0.25) is 5.82 Å². The third kappa shape index (κ3) is 3.02. The van der Waals surface area contributed by atoms with Crippen LogP contribution in [0.4, 0.5) is 5.69 Å². The van der Waals surface area contributed by atoms with Crippen molar-refractivity contribution in [2.45, 2.75) is 6.61 Å². The Labute approximate surface area is 166 Å². The molecule has 1 aromatic carbocycles. The minimum absolute atomic E-state index is 0.0296. The second-order valence-electron chi connectivity index (χ2n) is 6.01. The largest absolute Gasteiger partial charge is 0.484 e. The smallest absolute Gasteiger partial charge is 0.273 e. The molecule has 11 nitrogen and oxygen atoms in total. The molecule has 0 unspecified atom stereocenters. The zero-order valence-corrected chi connectivity index (χ0v) is 15.2. The Bertz CT molecular complexity index is 1370. The van der Waals surface area contributed by atoms with Gasteiger partial charge in [0.25, 0.3) is 5.69 Å². The molecule has 0 atom stereocenters. The quantitative estimate of drug-likeness (QED) is 0.343. The normalized spacial score (nSPS) is 11.3. The van der Waals surface area contributed by atoms with E-state index in [0.717, 1.165) is 5.39 Å². The molecular weight excluding hydrogens is 402 g/mol. The average molecular weight is 412 g/mol. The average Bonchev–Trinajstić information content (AvgIpc) is 3.44. The lowest BCUT2D eigenvalue weighted by molar-refractivity contribution is -0.384. The number of hydrogen-bond donors (Lipinski definition) is 1. The fourth-order valence-corrected chi connectivity index (χ4v) is 2.96. The van der Waals surface area contributed by atoms with Crippen LogP contribution in [-0.2, 0) is 6.61 Å². The fourth-order valence-electron chi connectivity index (χ4n) is 2.79. The third-order valence-electron chi connectivity index (χ3n) is 4.17. The Morgan fingerprint density at radius 1 is 1.31 bits per heavy atom. The summed E-state index contributed by atoms with van der Waals surface area (Å²) in [7, 11) is 0. The van der Waals surface area contributed by atoms with Crippen LogP contribution >= 0.6 is 11.6 Å². The summed E-state index contributed by atoms with van der Waals surface area (Å²) >= 11 is 6.04. The first-order valence-corrected chi connectivity index (χ1v) is 8.66. The van der Waals surface area contributed by atoms with Crippen molar-refractivity contribution in [2.75, 3.05) is 0 Å². The van der Waals surface area contributed by atoms with Gasteiger partial charge in [0.05, 0.1) is 27.6 Å². The van der Waals surface area contributed by atoms with Gasteiger partial charge in [-0.25, -0.2) is 14.5 Å². The first kappa shape index (κ1) is 17.1. The molecule has 0 aliphatic rings. The Balaban J connectivity index is 1.39. The van der Waals surface area contributed by atoms with Crippen LogP contribution in [0.1, 0.15) is 5.76 Å². The molecule has 0 bridgehead atoms. The molecule has 0 aliphatic carbocycles. The first-order chi connectivity index (χ1) is 14.1. The van der Waals surface area contributed by atoms with Crippen molar-refractivity contribution in [3.8, 4) is 17.3 Å². The Morgan fingerprint density at radius 3 is 3.07 bits per heavy atom. The van der Waals surface area contributed by atoms with Crippen molar-refractivity contribution < 1.29 is 14.1 Å². The predicted octanol–water partition coefficient (Wildman–Crippen LogP) is 3.40. The molecule has 144 valence electrons. The van der Waals surface area contributed by atoms with E-state index >= 15 is 0 Å². The van der Waals surface area contributed by atoms with E-state index in [2.05, 4.69) is 25.3 Å². The number of ether oxygens (including phenoxy) is 1. The van der Waals surface area contributed by atoms with E-state index in [1.807, 2.05) is 0 Å². The lowest BCUT2D eigenvalue weighted by Gasteiger charge is -2.06. The Kier molecular flexibility index (Phi) is 3.88. The van der Waals surface area contributed by atoms with Crippen LogP contribution in [0, 0.1) is 10.1 Å². The summed E-state index contributed by atoms with van der Waals surface area (Å²) < 4.78 is 12.9. The second-order valence-corrected chi connectivity index (χ2v) is 6.41. The predicted molar refractivity (Wildman–Crippen MR) is 101 cm³/mol. The van der Waals surface area contributed by atoms with E-state index in [4.69, 9.17) is 20.8 Å². The number of non-ortho nitro benzene ring substituents is 1. The number of rotatable bonds is 5. The maximum absolute atomic E-state index is 10.9. The number of benzene rings is 1. The number of nitro groups is 1. The Morgan fingerprint density at radius 2 is 2.21 bits per heavy atom. The molecule has 0 amide bonds. The maximum Gasteiger partial charge on any atom is 0.273 e. The van der Waals surface area contributed by atoms with Crippen LogP contribution in [0.15, 0.2) is 47.3 Å². The van der Waals surface area contributed by atoms with Gasteiger partial charge in [-0.3, -0.25) is 15.2 Å². The molecule has 0 radical (unpaired) electrons. The minimum Gasteiger partial charge on any atom is -0.484 e. The van der Waals surface area contributed by atoms with Crippen molar-refractivity contribution in [1.82, 2.24) is 29.8 Å². The van der Waals surface area contributed by atoms with Crippen LogP contribution in [-0.4, -0.2) is 34.7 Å². The van der Waals surface area contributed by atoms with Gasteiger partial charge in [0.1, 0.15) is 24.4 Å².